The van der Waals surface area contributed by atoms with Gasteiger partial charge in [0.1, 0.15) is 5.82 Å². The van der Waals surface area contributed by atoms with Gasteiger partial charge in [0.15, 0.2) is 0 Å². The number of halogens is 1. The van der Waals surface area contributed by atoms with Gasteiger partial charge >= 0.3 is 5.97 Å². The first kappa shape index (κ1) is 11.3. The summed E-state index contributed by atoms with van der Waals surface area (Å²) in [5.41, 5.74) is 1.34. The van der Waals surface area contributed by atoms with E-state index in [-0.39, 0.29) is 6.42 Å². The van der Waals surface area contributed by atoms with Crippen LogP contribution < -0.4 is 0 Å². The van der Waals surface area contributed by atoms with E-state index in [1.807, 2.05) is 0 Å². The Balaban J connectivity index is 2.55. The molecular formula is C13H10FNO2. The van der Waals surface area contributed by atoms with Crippen molar-refractivity contribution in [1.82, 2.24) is 4.98 Å². The lowest BCUT2D eigenvalue weighted by Crippen LogP contribution is -2.03. The summed E-state index contributed by atoms with van der Waals surface area (Å²) in [5, 5.41) is 8.79. The Bertz CT molecular complexity index is 540. The lowest BCUT2D eigenvalue weighted by atomic mass is 9.98. The summed E-state index contributed by atoms with van der Waals surface area (Å²) in [6.07, 6.45) is 2.90. The predicted molar refractivity (Wildman–Crippen MR) is 61.0 cm³/mol. The number of nitrogens with zero attached hydrogens (tertiary/aromatic N) is 1. The first-order valence-electron chi connectivity index (χ1n) is 5.08. The van der Waals surface area contributed by atoms with Gasteiger partial charge in [-0.1, -0.05) is 18.2 Å². The molecule has 0 radical (unpaired) electrons. The SMILES string of the molecule is O=C(O)Cc1cccc(F)c1-c1cccnc1. The molecule has 1 aromatic carbocycles. The lowest BCUT2D eigenvalue weighted by molar-refractivity contribution is -0.136. The molecule has 0 aliphatic carbocycles. The number of hydrogen-bond donors (Lipinski definition) is 1. The molecule has 0 unspecified atom stereocenters. The minimum absolute atomic E-state index is 0.206. The highest BCUT2D eigenvalue weighted by molar-refractivity contribution is 5.76. The zero-order valence-corrected chi connectivity index (χ0v) is 8.93. The largest absolute Gasteiger partial charge is 0.481 e. The fourth-order valence-corrected chi connectivity index (χ4v) is 1.71. The van der Waals surface area contributed by atoms with E-state index in [2.05, 4.69) is 4.98 Å². The summed E-state index contributed by atoms with van der Waals surface area (Å²) >= 11 is 0. The Morgan fingerprint density at radius 2 is 2.12 bits per heavy atom. The van der Waals surface area contributed by atoms with E-state index in [0.29, 0.717) is 16.7 Å². The molecule has 2 rings (SSSR count). The maximum absolute atomic E-state index is 13.8. The van der Waals surface area contributed by atoms with Crippen molar-refractivity contribution in [2.24, 2.45) is 0 Å². The minimum Gasteiger partial charge on any atom is -0.481 e. The second kappa shape index (κ2) is 4.74. The Kier molecular flexibility index (Phi) is 3.14. The van der Waals surface area contributed by atoms with Crippen molar-refractivity contribution in [3.63, 3.8) is 0 Å². The van der Waals surface area contributed by atoms with Gasteiger partial charge in [-0.2, -0.15) is 0 Å². The van der Waals surface area contributed by atoms with Crippen molar-refractivity contribution in [2.75, 3.05) is 0 Å². The molecule has 17 heavy (non-hydrogen) atoms. The number of carboxylic acids is 1. The molecule has 86 valence electrons. The fraction of sp³-hybridized carbons (Fsp3) is 0.0769. The zero-order valence-electron chi connectivity index (χ0n) is 8.93. The molecule has 1 N–H and O–H groups in total. The molecule has 0 amide bonds. The highest BCUT2D eigenvalue weighted by Crippen LogP contribution is 2.26. The second-order valence-electron chi connectivity index (χ2n) is 3.59. The van der Waals surface area contributed by atoms with E-state index in [1.54, 1.807) is 24.4 Å². The summed E-state index contributed by atoms with van der Waals surface area (Å²) in [4.78, 5) is 14.6. The van der Waals surface area contributed by atoms with Crippen LogP contribution in [-0.2, 0) is 11.2 Å². The van der Waals surface area contributed by atoms with Gasteiger partial charge < -0.3 is 5.11 Å². The average molecular weight is 231 g/mol. The summed E-state index contributed by atoms with van der Waals surface area (Å²) in [6.45, 7) is 0. The van der Waals surface area contributed by atoms with Crippen LogP contribution in [0.4, 0.5) is 4.39 Å². The number of aliphatic carboxylic acids is 1. The van der Waals surface area contributed by atoms with Crippen molar-refractivity contribution in [3.8, 4) is 11.1 Å². The van der Waals surface area contributed by atoms with Gasteiger partial charge in [-0.25, -0.2) is 4.39 Å². The maximum atomic E-state index is 13.8. The molecule has 0 bridgehead atoms. The molecule has 4 heteroatoms. The number of carboxylic acid groups (broad SMARTS) is 1. The molecule has 0 aliphatic heterocycles. The van der Waals surface area contributed by atoms with Gasteiger partial charge in [0.2, 0.25) is 0 Å². The third-order valence-electron chi connectivity index (χ3n) is 2.39. The molecule has 0 aliphatic rings. The molecular weight excluding hydrogens is 221 g/mol. The Labute approximate surface area is 97.6 Å². The molecule has 0 fully saturated rings. The van der Waals surface area contributed by atoms with Crippen molar-refractivity contribution in [2.45, 2.75) is 6.42 Å². The fourth-order valence-electron chi connectivity index (χ4n) is 1.71. The quantitative estimate of drug-likeness (QED) is 0.883. The number of carbonyl (C=O) groups is 1. The van der Waals surface area contributed by atoms with Gasteiger partial charge in [-0.05, 0) is 17.7 Å². The van der Waals surface area contributed by atoms with Crippen LogP contribution in [-0.4, -0.2) is 16.1 Å². The van der Waals surface area contributed by atoms with Crippen molar-refractivity contribution in [1.29, 1.82) is 0 Å². The third kappa shape index (κ3) is 2.47. The van der Waals surface area contributed by atoms with Crippen LogP contribution in [0, 0.1) is 5.82 Å². The van der Waals surface area contributed by atoms with Gasteiger partial charge in [-0.3, -0.25) is 9.78 Å². The molecule has 0 saturated heterocycles. The number of pyridine rings is 1. The molecule has 0 saturated carbocycles. The van der Waals surface area contributed by atoms with Crippen LogP contribution in [0.5, 0.6) is 0 Å². The summed E-state index contributed by atoms with van der Waals surface area (Å²) in [7, 11) is 0. The van der Waals surface area contributed by atoms with Crippen LogP contribution >= 0.6 is 0 Å². The number of rotatable bonds is 3. The zero-order chi connectivity index (χ0) is 12.3. The normalized spacial score (nSPS) is 10.2. The van der Waals surface area contributed by atoms with Crippen LogP contribution in [0.1, 0.15) is 5.56 Å². The monoisotopic (exact) mass is 231 g/mol. The number of hydrogen-bond acceptors (Lipinski definition) is 2. The van der Waals surface area contributed by atoms with E-state index in [4.69, 9.17) is 5.11 Å². The molecule has 1 heterocycles. The Hall–Kier alpha value is -2.23. The number of aromatic nitrogens is 1. The standard InChI is InChI=1S/C13H10FNO2/c14-11-5-1-3-9(7-12(16)17)13(11)10-4-2-6-15-8-10/h1-6,8H,7H2,(H,16,17). The van der Waals surface area contributed by atoms with Crippen LogP contribution in [0.15, 0.2) is 42.7 Å². The Morgan fingerprint density at radius 3 is 2.76 bits per heavy atom. The van der Waals surface area contributed by atoms with E-state index < -0.39 is 11.8 Å². The van der Waals surface area contributed by atoms with Gasteiger partial charge in [0.05, 0.1) is 6.42 Å². The predicted octanol–water partition coefficient (Wildman–Crippen LogP) is 2.51. The maximum Gasteiger partial charge on any atom is 0.307 e. The Morgan fingerprint density at radius 1 is 1.29 bits per heavy atom. The van der Waals surface area contributed by atoms with Gasteiger partial charge in [0.25, 0.3) is 0 Å². The molecule has 0 spiro atoms. The average Bonchev–Trinajstić information content (AvgIpc) is 2.29. The minimum atomic E-state index is -0.985. The van der Waals surface area contributed by atoms with E-state index >= 15 is 0 Å². The molecule has 0 atom stereocenters. The van der Waals surface area contributed by atoms with Crippen LogP contribution in [0.3, 0.4) is 0 Å². The first-order valence-corrected chi connectivity index (χ1v) is 5.08. The van der Waals surface area contributed by atoms with E-state index in [1.165, 1.54) is 18.3 Å². The first-order chi connectivity index (χ1) is 8.18. The highest BCUT2D eigenvalue weighted by atomic mass is 19.1. The summed E-state index contributed by atoms with van der Waals surface area (Å²) in [6, 6.07) is 7.82. The van der Waals surface area contributed by atoms with Crippen molar-refractivity contribution < 1.29 is 14.3 Å². The summed E-state index contributed by atoms with van der Waals surface area (Å²) in [5.74, 6) is -1.42. The van der Waals surface area contributed by atoms with Gasteiger partial charge in [0, 0.05) is 23.5 Å². The summed E-state index contributed by atoms with van der Waals surface area (Å²) < 4.78 is 13.8. The number of benzene rings is 1. The lowest BCUT2D eigenvalue weighted by Gasteiger charge is -2.08. The smallest absolute Gasteiger partial charge is 0.307 e. The second-order valence-corrected chi connectivity index (χ2v) is 3.59. The van der Waals surface area contributed by atoms with Gasteiger partial charge in [-0.15, -0.1) is 0 Å². The topological polar surface area (TPSA) is 50.2 Å². The molecule has 1 aromatic heterocycles. The van der Waals surface area contributed by atoms with E-state index in [9.17, 15) is 9.18 Å². The van der Waals surface area contributed by atoms with E-state index in [0.717, 1.165) is 0 Å². The third-order valence-corrected chi connectivity index (χ3v) is 2.39. The molecule has 3 nitrogen and oxygen atoms in total. The van der Waals surface area contributed by atoms with Crippen LogP contribution in [0.25, 0.3) is 11.1 Å². The highest BCUT2D eigenvalue weighted by Gasteiger charge is 2.12. The van der Waals surface area contributed by atoms with Crippen LogP contribution in [0.2, 0.25) is 0 Å². The molecule has 2 aromatic rings. The van der Waals surface area contributed by atoms with Crippen molar-refractivity contribution >= 4 is 5.97 Å². The van der Waals surface area contributed by atoms with Crippen molar-refractivity contribution in [3.05, 3.63) is 54.1 Å².